The summed E-state index contributed by atoms with van der Waals surface area (Å²) in [4.78, 5) is 11.7. The lowest BCUT2D eigenvalue weighted by atomic mass is 10.2. The van der Waals surface area contributed by atoms with Crippen molar-refractivity contribution in [3.05, 3.63) is 24.3 Å². The number of ether oxygens (including phenoxy) is 1. The second kappa shape index (κ2) is 8.65. The van der Waals surface area contributed by atoms with E-state index in [2.05, 4.69) is 20.3 Å². The molecule has 10 heteroatoms. The smallest absolute Gasteiger partial charge is 0.387 e. The van der Waals surface area contributed by atoms with E-state index in [4.69, 9.17) is 5.84 Å². The second-order valence-electron chi connectivity index (χ2n) is 5.57. The number of nitrogens with two attached hydrogens (primary N) is 1. The van der Waals surface area contributed by atoms with Gasteiger partial charge in [-0.3, -0.25) is 4.79 Å². The fourth-order valence-corrected chi connectivity index (χ4v) is 2.54. The van der Waals surface area contributed by atoms with Crippen molar-refractivity contribution < 1.29 is 18.3 Å². The molecular formula is C15H19F2N5O2S. The molecule has 2 aromatic rings. The Kier molecular flexibility index (Phi) is 6.57. The molecule has 1 aromatic heterocycles. The summed E-state index contributed by atoms with van der Waals surface area (Å²) < 4.78 is 29.9. The van der Waals surface area contributed by atoms with E-state index >= 15 is 0 Å². The van der Waals surface area contributed by atoms with Gasteiger partial charge in [-0.1, -0.05) is 25.6 Å². The molecule has 0 spiro atoms. The van der Waals surface area contributed by atoms with Crippen LogP contribution in [0.2, 0.25) is 0 Å². The van der Waals surface area contributed by atoms with Gasteiger partial charge in [0.15, 0.2) is 5.82 Å². The summed E-state index contributed by atoms with van der Waals surface area (Å²) in [7, 11) is 0. The predicted octanol–water partition coefficient (Wildman–Crippen LogP) is 2.12. The Labute approximate surface area is 147 Å². The molecule has 0 fully saturated rings. The Hall–Kier alpha value is -2.36. The van der Waals surface area contributed by atoms with Crippen LogP contribution >= 0.6 is 11.8 Å². The number of carbonyl (C=O) groups is 1. The van der Waals surface area contributed by atoms with Crippen molar-refractivity contribution >= 4 is 17.7 Å². The summed E-state index contributed by atoms with van der Waals surface area (Å²) in [5, 5.41) is 11.1. The Bertz CT molecular complexity index is 706. The standard InChI is InChI=1S/C15H19F2N5O2S/c1-9(2)7-19-12(23)8-25-15-21-20-13(22(15)18)10-3-5-11(6-4-10)24-14(16)17/h3-6,9,14H,7-8,18H2,1-2H3,(H,19,23). The third kappa shape index (κ3) is 5.59. The number of nitrogens with one attached hydrogen (secondary N) is 1. The number of aromatic nitrogens is 3. The Morgan fingerprint density at radius 3 is 2.60 bits per heavy atom. The highest BCUT2D eigenvalue weighted by atomic mass is 32.2. The summed E-state index contributed by atoms with van der Waals surface area (Å²) in [6, 6.07) is 5.88. The first-order valence-corrected chi connectivity index (χ1v) is 8.50. The third-order valence-corrected chi connectivity index (χ3v) is 3.99. The van der Waals surface area contributed by atoms with Crippen LogP contribution in [-0.2, 0) is 4.79 Å². The maximum absolute atomic E-state index is 12.2. The minimum atomic E-state index is -2.88. The van der Waals surface area contributed by atoms with Gasteiger partial charge < -0.3 is 15.9 Å². The van der Waals surface area contributed by atoms with Crippen LogP contribution < -0.4 is 15.9 Å². The monoisotopic (exact) mass is 371 g/mol. The van der Waals surface area contributed by atoms with Gasteiger partial charge in [-0.2, -0.15) is 8.78 Å². The normalized spacial score (nSPS) is 11.1. The SMILES string of the molecule is CC(C)CNC(=O)CSc1nnc(-c2ccc(OC(F)F)cc2)n1N. The van der Waals surface area contributed by atoms with E-state index in [1.165, 1.54) is 16.8 Å². The predicted molar refractivity (Wildman–Crippen MR) is 90.8 cm³/mol. The van der Waals surface area contributed by atoms with E-state index in [9.17, 15) is 13.6 Å². The van der Waals surface area contributed by atoms with Crippen molar-refractivity contribution in [3.63, 3.8) is 0 Å². The van der Waals surface area contributed by atoms with Gasteiger partial charge in [-0.25, -0.2) is 4.68 Å². The van der Waals surface area contributed by atoms with Crippen LogP contribution in [0, 0.1) is 5.92 Å². The maximum Gasteiger partial charge on any atom is 0.387 e. The zero-order valence-electron chi connectivity index (χ0n) is 13.8. The molecule has 0 saturated heterocycles. The Morgan fingerprint density at radius 1 is 1.32 bits per heavy atom. The van der Waals surface area contributed by atoms with Crippen molar-refractivity contribution in [2.24, 2.45) is 5.92 Å². The molecule has 0 bridgehead atoms. The van der Waals surface area contributed by atoms with Crippen LogP contribution in [0.3, 0.4) is 0 Å². The van der Waals surface area contributed by atoms with E-state index in [0.29, 0.717) is 29.0 Å². The molecule has 0 aliphatic carbocycles. The molecule has 0 unspecified atom stereocenters. The molecule has 7 nitrogen and oxygen atoms in total. The quantitative estimate of drug-likeness (QED) is 0.545. The Morgan fingerprint density at radius 2 is 2.00 bits per heavy atom. The van der Waals surface area contributed by atoms with Crippen LogP contribution in [0.5, 0.6) is 5.75 Å². The topological polar surface area (TPSA) is 95.1 Å². The molecule has 0 atom stereocenters. The highest BCUT2D eigenvalue weighted by Crippen LogP contribution is 2.24. The molecule has 0 aliphatic heterocycles. The van der Waals surface area contributed by atoms with Crippen LogP contribution in [0.25, 0.3) is 11.4 Å². The number of alkyl halides is 2. The lowest BCUT2D eigenvalue weighted by Crippen LogP contribution is -2.29. The van der Waals surface area contributed by atoms with Crippen molar-refractivity contribution in [2.45, 2.75) is 25.6 Å². The summed E-state index contributed by atoms with van der Waals surface area (Å²) in [6.07, 6.45) is 0. The largest absolute Gasteiger partial charge is 0.435 e. The number of nitrogen functional groups attached to an aromatic ring is 1. The maximum atomic E-state index is 12.2. The van der Waals surface area contributed by atoms with Crippen molar-refractivity contribution in [2.75, 3.05) is 18.1 Å². The third-order valence-electron chi connectivity index (χ3n) is 3.04. The Balaban J connectivity index is 1.99. The summed E-state index contributed by atoms with van der Waals surface area (Å²) in [5.74, 6) is 6.77. The number of carbonyl (C=O) groups excluding carboxylic acids is 1. The number of thioether (sulfide) groups is 1. The van der Waals surface area contributed by atoms with Gasteiger partial charge in [-0.15, -0.1) is 10.2 Å². The minimum absolute atomic E-state index is 0.0401. The lowest BCUT2D eigenvalue weighted by Gasteiger charge is -2.07. The number of halogens is 2. The molecule has 0 radical (unpaired) electrons. The van der Waals surface area contributed by atoms with Gasteiger partial charge >= 0.3 is 6.61 Å². The van der Waals surface area contributed by atoms with E-state index in [0.717, 1.165) is 11.8 Å². The molecule has 0 saturated carbocycles. The number of hydrogen-bond acceptors (Lipinski definition) is 6. The van der Waals surface area contributed by atoms with Gasteiger partial charge in [0.05, 0.1) is 5.75 Å². The zero-order chi connectivity index (χ0) is 18.4. The van der Waals surface area contributed by atoms with E-state index in [1.54, 1.807) is 12.1 Å². The highest BCUT2D eigenvalue weighted by Gasteiger charge is 2.14. The summed E-state index contributed by atoms with van der Waals surface area (Å²) in [6.45, 7) is 1.74. The first-order valence-electron chi connectivity index (χ1n) is 7.52. The fourth-order valence-electron chi connectivity index (χ4n) is 1.86. The number of amides is 1. The molecule has 25 heavy (non-hydrogen) atoms. The van der Waals surface area contributed by atoms with E-state index in [-0.39, 0.29) is 17.4 Å². The number of hydrogen-bond donors (Lipinski definition) is 2. The molecule has 1 heterocycles. The average Bonchev–Trinajstić information content (AvgIpc) is 2.92. The molecule has 136 valence electrons. The number of rotatable bonds is 8. The van der Waals surface area contributed by atoms with E-state index < -0.39 is 6.61 Å². The molecular weight excluding hydrogens is 352 g/mol. The number of nitrogens with zero attached hydrogens (tertiary/aromatic N) is 3. The van der Waals surface area contributed by atoms with Crippen LogP contribution in [0.1, 0.15) is 13.8 Å². The van der Waals surface area contributed by atoms with Gasteiger partial charge in [0, 0.05) is 12.1 Å². The molecule has 1 aromatic carbocycles. The van der Waals surface area contributed by atoms with Gasteiger partial charge in [0.1, 0.15) is 5.75 Å². The molecule has 0 aliphatic rings. The molecule has 1 amide bonds. The summed E-state index contributed by atoms with van der Waals surface area (Å²) in [5.41, 5.74) is 0.590. The van der Waals surface area contributed by atoms with E-state index in [1.807, 2.05) is 13.8 Å². The highest BCUT2D eigenvalue weighted by molar-refractivity contribution is 7.99. The van der Waals surface area contributed by atoms with Crippen molar-refractivity contribution in [3.8, 4) is 17.1 Å². The first kappa shape index (κ1) is 19.0. The molecule has 2 rings (SSSR count). The first-order chi connectivity index (χ1) is 11.9. The average molecular weight is 371 g/mol. The van der Waals surface area contributed by atoms with Gasteiger partial charge in [-0.05, 0) is 30.2 Å². The van der Waals surface area contributed by atoms with Gasteiger partial charge in [0.2, 0.25) is 11.1 Å². The van der Waals surface area contributed by atoms with Gasteiger partial charge in [0.25, 0.3) is 0 Å². The van der Waals surface area contributed by atoms with Crippen LogP contribution in [0.4, 0.5) is 8.78 Å². The minimum Gasteiger partial charge on any atom is -0.435 e. The number of benzene rings is 1. The second-order valence-corrected chi connectivity index (χ2v) is 6.51. The molecule has 3 N–H and O–H groups in total. The zero-order valence-corrected chi connectivity index (χ0v) is 14.6. The summed E-state index contributed by atoms with van der Waals surface area (Å²) >= 11 is 1.16. The fraction of sp³-hybridized carbons (Fsp3) is 0.400. The van der Waals surface area contributed by atoms with Crippen LogP contribution in [0.15, 0.2) is 29.4 Å². The van der Waals surface area contributed by atoms with Crippen molar-refractivity contribution in [1.82, 2.24) is 20.2 Å². The van der Waals surface area contributed by atoms with Crippen molar-refractivity contribution in [1.29, 1.82) is 0 Å². The lowest BCUT2D eigenvalue weighted by molar-refractivity contribution is -0.118. The van der Waals surface area contributed by atoms with Crippen LogP contribution in [-0.4, -0.2) is 39.7 Å².